The highest BCUT2D eigenvalue weighted by Gasteiger charge is 2.41. The number of nitrogens with zero attached hydrogens (tertiary/aromatic N) is 4. The molecule has 4 heterocycles. The molecule has 0 radical (unpaired) electrons. The summed E-state index contributed by atoms with van der Waals surface area (Å²) in [5.41, 5.74) is 2.88. The molecule has 1 fully saturated rings. The lowest BCUT2D eigenvalue weighted by Crippen LogP contribution is -2.39. The van der Waals surface area contributed by atoms with Gasteiger partial charge in [0.1, 0.15) is 5.56 Å². The van der Waals surface area contributed by atoms with Crippen LogP contribution in [-0.2, 0) is 12.7 Å². The molecule has 1 aliphatic heterocycles. The lowest BCUT2D eigenvalue weighted by molar-refractivity contribution is -0.148. The second-order valence-corrected chi connectivity index (χ2v) is 11.7. The standard InChI is InChI=1S/C30H29F6N5O2S/c1-17-12-20(19-8-10-40(11-9-19)16-29(31,32)33)6-7-23(17)37-13-21-18(2)15-44-26(21)24-4-3-5-25(39-24)41-27(30(34,35)36)22(14-38-41)28(42)43/h3-7,12,14-15,19,37H,8-11,13,16H2,1-2H3,(H,42,43). The molecule has 4 aromatic rings. The maximum Gasteiger partial charge on any atom is 0.434 e. The Hall–Kier alpha value is -3.91. The highest BCUT2D eigenvalue weighted by atomic mass is 32.1. The van der Waals surface area contributed by atoms with Crippen molar-refractivity contribution in [2.24, 2.45) is 0 Å². The minimum Gasteiger partial charge on any atom is -0.478 e. The van der Waals surface area contributed by atoms with E-state index in [1.807, 2.05) is 31.4 Å². The lowest BCUT2D eigenvalue weighted by Gasteiger charge is -2.32. The first-order valence-corrected chi connectivity index (χ1v) is 14.7. The van der Waals surface area contributed by atoms with E-state index < -0.39 is 36.1 Å². The SMILES string of the molecule is Cc1cc(C2CCN(CC(F)(F)F)CC2)ccc1NCc1c(C)csc1-c1cccc(-n2ncc(C(=O)O)c2C(F)(F)F)n1. The Morgan fingerprint density at radius 3 is 2.43 bits per heavy atom. The second kappa shape index (κ2) is 12.2. The van der Waals surface area contributed by atoms with Crippen molar-refractivity contribution in [2.75, 3.05) is 25.0 Å². The number of aromatic nitrogens is 3. The van der Waals surface area contributed by atoms with Crippen LogP contribution in [0.15, 0.2) is 48.0 Å². The third kappa shape index (κ3) is 6.91. The van der Waals surface area contributed by atoms with Gasteiger partial charge < -0.3 is 10.4 Å². The van der Waals surface area contributed by atoms with Crippen molar-refractivity contribution >= 4 is 23.0 Å². The topological polar surface area (TPSA) is 83.3 Å². The van der Waals surface area contributed by atoms with Gasteiger partial charge in [-0.3, -0.25) is 4.90 Å². The van der Waals surface area contributed by atoms with Crippen LogP contribution in [0.25, 0.3) is 16.4 Å². The molecule has 0 aliphatic carbocycles. The number of piperidine rings is 1. The molecular weight excluding hydrogens is 608 g/mol. The Morgan fingerprint density at radius 1 is 1.07 bits per heavy atom. The van der Waals surface area contributed by atoms with Crippen LogP contribution in [0.5, 0.6) is 0 Å². The summed E-state index contributed by atoms with van der Waals surface area (Å²) in [5.74, 6) is -1.71. The molecule has 0 bridgehead atoms. The van der Waals surface area contributed by atoms with E-state index in [0.29, 0.717) is 49.0 Å². The Bertz CT molecular complexity index is 1650. The minimum atomic E-state index is -4.96. The molecule has 1 aromatic carbocycles. The van der Waals surface area contributed by atoms with Gasteiger partial charge in [-0.2, -0.15) is 31.4 Å². The lowest BCUT2D eigenvalue weighted by atomic mass is 9.88. The van der Waals surface area contributed by atoms with Gasteiger partial charge in [0.25, 0.3) is 0 Å². The Morgan fingerprint density at radius 2 is 1.80 bits per heavy atom. The highest BCUT2D eigenvalue weighted by Crippen LogP contribution is 2.36. The zero-order chi connectivity index (χ0) is 31.8. The van der Waals surface area contributed by atoms with Crippen molar-refractivity contribution in [1.82, 2.24) is 19.7 Å². The molecule has 0 saturated carbocycles. The van der Waals surface area contributed by atoms with E-state index in [2.05, 4.69) is 21.5 Å². The van der Waals surface area contributed by atoms with Gasteiger partial charge in [-0.1, -0.05) is 18.2 Å². The van der Waals surface area contributed by atoms with Gasteiger partial charge in [0.15, 0.2) is 11.5 Å². The van der Waals surface area contributed by atoms with Gasteiger partial charge in [0.05, 0.1) is 23.3 Å². The number of thiophene rings is 1. The smallest absolute Gasteiger partial charge is 0.434 e. The van der Waals surface area contributed by atoms with E-state index in [-0.39, 0.29) is 11.7 Å². The number of likely N-dealkylation sites (tertiary alicyclic amines) is 1. The van der Waals surface area contributed by atoms with Crippen molar-refractivity contribution in [2.45, 2.75) is 51.5 Å². The van der Waals surface area contributed by atoms with Crippen LogP contribution in [0.1, 0.15) is 57.1 Å². The summed E-state index contributed by atoms with van der Waals surface area (Å²) in [7, 11) is 0. The third-order valence-corrected chi connectivity index (χ3v) is 8.89. The number of carboxylic acids is 1. The average Bonchev–Trinajstić information content (AvgIpc) is 3.57. The largest absolute Gasteiger partial charge is 0.478 e. The number of nitrogens with one attached hydrogen (secondary N) is 1. The molecule has 0 atom stereocenters. The van der Waals surface area contributed by atoms with Crippen molar-refractivity contribution in [3.63, 3.8) is 0 Å². The molecule has 1 aliphatic rings. The van der Waals surface area contributed by atoms with Crippen LogP contribution in [0.3, 0.4) is 0 Å². The zero-order valence-corrected chi connectivity index (χ0v) is 24.6. The van der Waals surface area contributed by atoms with E-state index >= 15 is 0 Å². The van der Waals surface area contributed by atoms with Crippen LogP contribution >= 0.6 is 11.3 Å². The molecule has 234 valence electrons. The van der Waals surface area contributed by atoms with Crippen molar-refractivity contribution < 1.29 is 36.2 Å². The maximum atomic E-state index is 13.8. The summed E-state index contributed by atoms with van der Waals surface area (Å²) in [4.78, 5) is 18.0. The molecule has 3 aromatic heterocycles. The normalized spacial score (nSPS) is 15.1. The molecule has 7 nitrogen and oxygen atoms in total. The molecule has 2 N–H and O–H groups in total. The average molecular weight is 638 g/mol. The number of anilines is 1. The van der Waals surface area contributed by atoms with E-state index in [0.717, 1.165) is 32.8 Å². The number of aromatic carboxylic acids is 1. The van der Waals surface area contributed by atoms with Crippen LogP contribution < -0.4 is 5.32 Å². The number of hydrogen-bond acceptors (Lipinski definition) is 6. The minimum absolute atomic E-state index is 0.164. The van der Waals surface area contributed by atoms with Crippen molar-refractivity contribution in [3.8, 4) is 16.4 Å². The van der Waals surface area contributed by atoms with Crippen molar-refractivity contribution in [3.05, 3.63) is 81.5 Å². The van der Waals surface area contributed by atoms with Crippen LogP contribution in [-0.4, -0.2) is 56.6 Å². The number of benzene rings is 1. The molecule has 0 spiro atoms. The zero-order valence-electron chi connectivity index (χ0n) is 23.8. The predicted molar refractivity (Wildman–Crippen MR) is 154 cm³/mol. The predicted octanol–water partition coefficient (Wildman–Crippen LogP) is 7.68. The van der Waals surface area contributed by atoms with Crippen molar-refractivity contribution in [1.29, 1.82) is 0 Å². The second-order valence-electron chi connectivity index (χ2n) is 10.8. The molecule has 0 unspecified atom stereocenters. The van der Waals surface area contributed by atoms with Gasteiger partial charge in [-0.05, 0) is 91.5 Å². The molecule has 1 saturated heterocycles. The summed E-state index contributed by atoms with van der Waals surface area (Å²) < 4.78 is 80.0. The summed E-state index contributed by atoms with van der Waals surface area (Å²) in [6.45, 7) is 4.22. The first-order chi connectivity index (χ1) is 20.7. The number of rotatable bonds is 8. The van der Waals surface area contributed by atoms with Crippen LogP contribution in [0.4, 0.5) is 32.0 Å². The van der Waals surface area contributed by atoms with E-state index in [1.54, 1.807) is 12.1 Å². The molecule has 5 rings (SSSR count). The van der Waals surface area contributed by atoms with Gasteiger partial charge in [-0.25, -0.2) is 14.5 Å². The number of halogens is 6. The van der Waals surface area contributed by atoms with Gasteiger partial charge in [0, 0.05) is 12.2 Å². The van der Waals surface area contributed by atoms with Gasteiger partial charge >= 0.3 is 18.3 Å². The third-order valence-electron chi connectivity index (χ3n) is 7.72. The number of hydrogen-bond donors (Lipinski definition) is 2. The summed E-state index contributed by atoms with van der Waals surface area (Å²) in [6, 6.07) is 10.6. The maximum absolute atomic E-state index is 13.8. The Kier molecular flexibility index (Phi) is 8.76. The molecule has 14 heteroatoms. The number of carbonyl (C=O) groups is 1. The number of aryl methyl sites for hydroxylation is 2. The van der Waals surface area contributed by atoms with Crippen LogP contribution in [0.2, 0.25) is 0 Å². The van der Waals surface area contributed by atoms with E-state index in [1.165, 1.54) is 22.3 Å². The number of alkyl halides is 6. The summed E-state index contributed by atoms with van der Waals surface area (Å²) >= 11 is 1.39. The Labute approximate surface area is 253 Å². The molecular formula is C30H29F6N5O2S. The quantitative estimate of drug-likeness (QED) is 0.193. The fourth-order valence-corrected chi connectivity index (χ4v) is 6.57. The molecule has 0 amide bonds. The fraction of sp³-hybridized carbons (Fsp3) is 0.367. The fourth-order valence-electron chi connectivity index (χ4n) is 5.52. The van der Waals surface area contributed by atoms with Gasteiger partial charge in [0.2, 0.25) is 0 Å². The first kappa shape index (κ1) is 31.5. The van der Waals surface area contributed by atoms with E-state index in [4.69, 9.17) is 0 Å². The number of pyridine rings is 1. The van der Waals surface area contributed by atoms with E-state index in [9.17, 15) is 36.2 Å². The molecule has 44 heavy (non-hydrogen) atoms. The monoisotopic (exact) mass is 637 g/mol. The van der Waals surface area contributed by atoms with Crippen LogP contribution in [0, 0.1) is 13.8 Å². The number of carboxylic acid groups (broad SMARTS) is 1. The highest BCUT2D eigenvalue weighted by molar-refractivity contribution is 7.13. The Balaban J connectivity index is 1.32. The first-order valence-electron chi connectivity index (χ1n) is 13.8. The van der Waals surface area contributed by atoms with Gasteiger partial charge in [-0.15, -0.1) is 11.3 Å². The summed E-state index contributed by atoms with van der Waals surface area (Å²) in [6.07, 6.45) is -7.18. The summed E-state index contributed by atoms with van der Waals surface area (Å²) in [5, 5.41) is 18.3.